The summed E-state index contributed by atoms with van der Waals surface area (Å²) in [5, 5.41) is 20.4. The Morgan fingerprint density at radius 3 is 2.65 bits per heavy atom. The highest BCUT2D eigenvalue weighted by Gasteiger charge is 2.19. The summed E-state index contributed by atoms with van der Waals surface area (Å²) in [7, 11) is 1.71. The molecule has 0 atom stereocenters. The monoisotopic (exact) mass is 259 g/mol. The molecule has 0 saturated heterocycles. The van der Waals surface area contributed by atoms with Gasteiger partial charge in [-0.05, 0) is 13.8 Å². The van der Waals surface area contributed by atoms with Crippen LogP contribution in [0, 0.1) is 10.1 Å². The van der Waals surface area contributed by atoms with Crippen LogP contribution in [0.3, 0.4) is 0 Å². The summed E-state index contributed by atoms with van der Waals surface area (Å²) in [4.78, 5) is 15.5. The zero-order valence-corrected chi connectivity index (χ0v) is 10.6. The van der Waals surface area contributed by atoms with E-state index in [4.69, 9.17) is 11.6 Å². The predicted octanol–water partition coefficient (Wildman–Crippen LogP) is 1.85. The zero-order chi connectivity index (χ0) is 13.2. The van der Waals surface area contributed by atoms with E-state index in [1.807, 2.05) is 0 Å². The van der Waals surface area contributed by atoms with E-state index in [0.29, 0.717) is 12.4 Å². The van der Waals surface area contributed by atoms with Gasteiger partial charge in [0, 0.05) is 19.7 Å². The first-order valence-corrected chi connectivity index (χ1v) is 5.32. The Labute approximate surface area is 104 Å². The number of hydrogen-bond donors (Lipinski definition) is 1. The Balaban J connectivity index is 2.96. The summed E-state index contributed by atoms with van der Waals surface area (Å²) in [6.07, 6.45) is 1.14. The summed E-state index contributed by atoms with van der Waals surface area (Å²) in [5.74, 6) is 0.402. The van der Waals surface area contributed by atoms with Gasteiger partial charge >= 0.3 is 0 Å². The van der Waals surface area contributed by atoms with Crippen LogP contribution in [0.1, 0.15) is 13.8 Å². The van der Waals surface area contributed by atoms with E-state index in [0.717, 1.165) is 6.20 Å². The first kappa shape index (κ1) is 13.7. The van der Waals surface area contributed by atoms with Gasteiger partial charge in [-0.3, -0.25) is 10.1 Å². The van der Waals surface area contributed by atoms with E-state index in [9.17, 15) is 15.2 Å². The van der Waals surface area contributed by atoms with Crippen molar-refractivity contribution in [3.05, 3.63) is 27.4 Å². The molecule has 1 N–H and O–H groups in total. The van der Waals surface area contributed by atoms with Crippen molar-refractivity contribution >= 4 is 23.1 Å². The summed E-state index contributed by atoms with van der Waals surface area (Å²) < 4.78 is 0. The molecule has 0 aliphatic rings. The van der Waals surface area contributed by atoms with Crippen LogP contribution in [-0.4, -0.2) is 34.2 Å². The van der Waals surface area contributed by atoms with Crippen LogP contribution in [0.15, 0.2) is 12.3 Å². The van der Waals surface area contributed by atoms with Crippen molar-refractivity contribution in [2.24, 2.45) is 0 Å². The molecule has 1 aromatic heterocycles. The molecule has 0 spiro atoms. The summed E-state index contributed by atoms with van der Waals surface area (Å²) in [5.41, 5.74) is -1.06. The lowest BCUT2D eigenvalue weighted by Gasteiger charge is -2.26. The fourth-order valence-electron chi connectivity index (χ4n) is 1.46. The summed E-state index contributed by atoms with van der Waals surface area (Å²) in [6, 6.07) is 1.24. The molecular weight excluding hydrogens is 246 g/mol. The van der Waals surface area contributed by atoms with E-state index in [1.165, 1.54) is 6.07 Å². The second-order valence-corrected chi connectivity index (χ2v) is 4.83. The molecule has 0 amide bonds. The van der Waals surface area contributed by atoms with Crippen LogP contribution < -0.4 is 4.90 Å². The van der Waals surface area contributed by atoms with Crippen molar-refractivity contribution in [1.29, 1.82) is 0 Å². The van der Waals surface area contributed by atoms with E-state index < -0.39 is 10.5 Å². The average molecular weight is 260 g/mol. The van der Waals surface area contributed by atoms with Crippen molar-refractivity contribution in [2.45, 2.75) is 19.4 Å². The number of anilines is 1. The van der Waals surface area contributed by atoms with Crippen LogP contribution in [-0.2, 0) is 0 Å². The molecule has 17 heavy (non-hydrogen) atoms. The molecule has 0 aliphatic heterocycles. The SMILES string of the molecule is CN(CC(C)(C)O)c1ncc([N+](=O)[O-])cc1Cl. The Kier molecular flexibility index (Phi) is 3.90. The van der Waals surface area contributed by atoms with E-state index >= 15 is 0 Å². The van der Waals surface area contributed by atoms with Crippen LogP contribution in [0.5, 0.6) is 0 Å². The molecule has 0 unspecified atom stereocenters. The number of hydrogen-bond acceptors (Lipinski definition) is 5. The highest BCUT2D eigenvalue weighted by Crippen LogP contribution is 2.26. The maximum atomic E-state index is 10.5. The van der Waals surface area contributed by atoms with Crippen LogP contribution >= 0.6 is 11.6 Å². The molecule has 0 bridgehead atoms. The minimum absolute atomic E-state index is 0.157. The molecule has 1 aromatic rings. The number of rotatable bonds is 4. The van der Waals surface area contributed by atoms with Crippen LogP contribution in [0.25, 0.3) is 0 Å². The Hall–Kier alpha value is -1.40. The number of pyridine rings is 1. The number of halogens is 1. The van der Waals surface area contributed by atoms with Gasteiger partial charge in [-0.1, -0.05) is 11.6 Å². The average Bonchev–Trinajstić information content (AvgIpc) is 2.14. The third kappa shape index (κ3) is 3.83. The van der Waals surface area contributed by atoms with E-state index in [-0.39, 0.29) is 10.7 Å². The lowest BCUT2D eigenvalue weighted by Crippen LogP contribution is -2.36. The largest absolute Gasteiger partial charge is 0.389 e. The predicted molar refractivity (Wildman–Crippen MR) is 65.5 cm³/mol. The second kappa shape index (κ2) is 4.85. The maximum Gasteiger partial charge on any atom is 0.289 e. The van der Waals surface area contributed by atoms with Gasteiger partial charge in [-0.25, -0.2) is 4.98 Å². The Morgan fingerprint density at radius 1 is 1.65 bits per heavy atom. The molecule has 0 radical (unpaired) electrons. The van der Waals surface area contributed by atoms with Gasteiger partial charge in [0.2, 0.25) is 0 Å². The molecule has 94 valence electrons. The lowest BCUT2D eigenvalue weighted by atomic mass is 10.1. The van der Waals surface area contributed by atoms with Gasteiger partial charge in [0.1, 0.15) is 12.0 Å². The maximum absolute atomic E-state index is 10.5. The van der Waals surface area contributed by atoms with Crippen molar-refractivity contribution in [3.8, 4) is 0 Å². The van der Waals surface area contributed by atoms with Crippen molar-refractivity contribution in [2.75, 3.05) is 18.5 Å². The van der Waals surface area contributed by atoms with Gasteiger partial charge in [0.15, 0.2) is 0 Å². The standard InChI is InChI=1S/C10H14ClN3O3/c1-10(2,15)6-13(3)9-8(11)4-7(5-12-9)14(16)17/h4-5,15H,6H2,1-3H3. The topological polar surface area (TPSA) is 79.5 Å². The first-order valence-electron chi connectivity index (χ1n) is 4.94. The van der Waals surface area contributed by atoms with Gasteiger partial charge in [0.25, 0.3) is 5.69 Å². The Morgan fingerprint density at radius 2 is 2.24 bits per heavy atom. The summed E-state index contributed by atoms with van der Waals surface area (Å²) in [6.45, 7) is 3.63. The molecule has 0 fully saturated rings. The van der Waals surface area contributed by atoms with Gasteiger partial charge in [0.05, 0.1) is 15.5 Å². The zero-order valence-electron chi connectivity index (χ0n) is 9.85. The number of nitrogens with zero attached hydrogens (tertiary/aromatic N) is 3. The van der Waals surface area contributed by atoms with Crippen LogP contribution in [0.4, 0.5) is 11.5 Å². The molecule has 0 aromatic carbocycles. The molecular formula is C10H14ClN3O3. The fraction of sp³-hybridized carbons (Fsp3) is 0.500. The molecule has 7 heteroatoms. The van der Waals surface area contributed by atoms with Gasteiger partial charge in [-0.2, -0.15) is 0 Å². The Bertz CT molecular complexity index is 431. The van der Waals surface area contributed by atoms with Crippen molar-refractivity contribution < 1.29 is 10.0 Å². The highest BCUT2D eigenvalue weighted by atomic mass is 35.5. The van der Waals surface area contributed by atoms with Crippen molar-refractivity contribution in [3.63, 3.8) is 0 Å². The third-order valence-electron chi connectivity index (χ3n) is 2.00. The second-order valence-electron chi connectivity index (χ2n) is 4.42. The smallest absolute Gasteiger partial charge is 0.289 e. The molecule has 0 aliphatic carbocycles. The minimum atomic E-state index is -0.901. The fourth-order valence-corrected chi connectivity index (χ4v) is 1.76. The van der Waals surface area contributed by atoms with E-state index in [2.05, 4.69) is 4.98 Å². The molecule has 6 nitrogen and oxygen atoms in total. The molecule has 1 rings (SSSR count). The first-order chi connectivity index (χ1) is 7.70. The number of aromatic nitrogens is 1. The van der Waals surface area contributed by atoms with Crippen molar-refractivity contribution in [1.82, 2.24) is 4.98 Å². The number of likely N-dealkylation sites (N-methyl/N-ethyl adjacent to an activating group) is 1. The summed E-state index contributed by atoms with van der Waals surface area (Å²) >= 11 is 5.91. The number of aliphatic hydroxyl groups is 1. The van der Waals surface area contributed by atoms with Gasteiger partial charge < -0.3 is 10.0 Å². The van der Waals surface area contributed by atoms with E-state index in [1.54, 1.807) is 25.8 Å². The normalized spacial score (nSPS) is 11.4. The molecule has 0 saturated carbocycles. The third-order valence-corrected chi connectivity index (χ3v) is 2.28. The number of nitro groups is 1. The molecule has 1 heterocycles. The lowest BCUT2D eigenvalue weighted by molar-refractivity contribution is -0.385. The minimum Gasteiger partial charge on any atom is -0.389 e. The van der Waals surface area contributed by atoms with Gasteiger partial charge in [-0.15, -0.1) is 0 Å². The quantitative estimate of drug-likeness (QED) is 0.659. The highest BCUT2D eigenvalue weighted by molar-refractivity contribution is 6.33. The van der Waals surface area contributed by atoms with Crippen LogP contribution in [0.2, 0.25) is 5.02 Å².